The molecule has 20 heavy (non-hydrogen) atoms. The minimum atomic E-state index is 0.296. The number of hydrogen-bond acceptors (Lipinski definition) is 4. The average Bonchev–Trinajstić information content (AvgIpc) is 2.92. The summed E-state index contributed by atoms with van der Waals surface area (Å²) in [7, 11) is 0. The Bertz CT molecular complexity index is 601. The van der Waals surface area contributed by atoms with Crippen molar-refractivity contribution in [2.24, 2.45) is 0 Å². The fourth-order valence-corrected chi connectivity index (χ4v) is 3.12. The molecule has 0 spiro atoms. The number of likely N-dealkylation sites (N-methyl/N-ethyl adjacent to an activating group) is 1. The second kappa shape index (κ2) is 5.94. The first-order valence-electron chi connectivity index (χ1n) is 7.18. The van der Waals surface area contributed by atoms with Crippen molar-refractivity contribution in [3.8, 4) is 0 Å². The van der Waals surface area contributed by atoms with Crippen LogP contribution in [-0.2, 0) is 0 Å². The summed E-state index contributed by atoms with van der Waals surface area (Å²) in [6.45, 7) is 5.44. The summed E-state index contributed by atoms with van der Waals surface area (Å²) in [5, 5.41) is 4.78. The number of hydrogen-bond donors (Lipinski definition) is 1. The fraction of sp³-hybridized carbons (Fsp3) is 0.467. The lowest BCUT2D eigenvalue weighted by atomic mass is 10.2. The van der Waals surface area contributed by atoms with Crippen molar-refractivity contribution in [1.29, 1.82) is 0 Å². The fourth-order valence-electron chi connectivity index (χ4n) is 2.94. The van der Waals surface area contributed by atoms with Gasteiger partial charge in [-0.05, 0) is 49.7 Å². The van der Waals surface area contributed by atoms with Crippen molar-refractivity contribution in [3.05, 3.63) is 29.5 Å². The third-order valence-corrected chi connectivity index (χ3v) is 4.16. The Hall–Kier alpha value is -1.39. The molecule has 106 valence electrons. The van der Waals surface area contributed by atoms with Crippen LogP contribution in [0.5, 0.6) is 0 Å². The van der Waals surface area contributed by atoms with Crippen molar-refractivity contribution in [1.82, 2.24) is 14.9 Å². The van der Waals surface area contributed by atoms with E-state index in [1.54, 1.807) is 0 Å². The number of aromatic nitrogens is 2. The summed E-state index contributed by atoms with van der Waals surface area (Å²) < 4.78 is 0. The van der Waals surface area contributed by atoms with Crippen LogP contribution in [0, 0.1) is 0 Å². The molecule has 2 aromatic rings. The van der Waals surface area contributed by atoms with Crippen LogP contribution >= 0.6 is 11.6 Å². The normalized spacial score (nSPS) is 19.6. The van der Waals surface area contributed by atoms with E-state index in [1.807, 2.05) is 24.3 Å². The van der Waals surface area contributed by atoms with Gasteiger partial charge in [0.05, 0.1) is 5.52 Å². The molecule has 3 rings (SSSR count). The molecular weight excluding hydrogens is 272 g/mol. The number of nitrogens with zero attached hydrogens (tertiary/aromatic N) is 3. The predicted molar refractivity (Wildman–Crippen MR) is 83.3 cm³/mol. The van der Waals surface area contributed by atoms with Crippen LogP contribution in [0.1, 0.15) is 19.8 Å². The Morgan fingerprint density at radius 2 is 2.20 bits per heavy atom. The molecule has 1 unspecified atom stereocenters. The molecule has 1 atom stereocenters. The molecule has 1 saturated heterocycles. The topological polar surface area (TPSA) is 41.0 Å². The summed E-state index contributed by atoms with van der Waals surface area (Å²) in [6, 6.07) is 8.54. The zero-order valence-electron chi connectivity index (χ0n) is 11.6. The minimum absolute atomic E-state index is 0.296. The number of para-hydroxylation sites is 1. The largest absolute Gasteiger partial charge is 0.368 e. The number of anilines is 1. The Morgan fingerprint density at radius 1 is 1.35 bits per heavy atom. The molecule has 1 aliphatic heterocycles. The molecule has 1 aromatic heterocycles. The zero-order valence-corrected chi connectivity index (χ0v) is 12.4. The molecule has 4 nitrogen and oxygen atoms in total. The lowest BCUT2D eigenvalue weighted by Crippen LogP contribution is -2.34. The molecule has 2 heterocycles. The van der Waals surface area contributed by atoms with E-state index in [0.29, 0.717) is 11.3 Å². The highest BCUT2D eigenvalue weighted by Crippen LogP contribution is 2.23. The summed E-state index contributed by atoms with van der Waals surface area (Å²) in [4.78, 5) is 11.1. The third kappa shape index (κ3) is 2.72. The summed E-state index contributed by atoms with van der Waals surface area (Å²) in [6.07, 6.45) is 2.53. The minimum Gasteiger partial charge on any atom is -0.368 e. The maximum Gasteiger partial charge on any atom is 0.224 e. The molecular formula is C15H19ClN4. The van der Waals surface area contributed by atoms with E-state index >= 15 is 0 Å². The van der Waals surface area contributed by atoms with Crippen molar-refractivity contribution in [2.75, 3.05) is 25.0 Å². The first kappa shape index (κ1) is 13.6. The van der Waals surface area contributed by atoms with E-state index in [1.165, 1.54) is 19.4 Å². The van der Waals surface area contributed by atoms with Crippen LogP contribution in [0.3, 0.4) is 0 Å². The van der Waals surface area contributed by atoms with E-state index in [2.05, 4.69) is 27.1 Å². The van der Waals surface area contributed by atoms with Crippen molar-refractivity contribution in [2.45, 2.75) is 25.8 Å². The van der Waals surface area contributed by atoms with Gasteiger partial charge in [-0.2, -0.15) is 0 Å². The molecule has 1 fully saturated rings. The molecule has 0 bridgehead atoms. The Balaban J connectivity index is 1.80. The molecule has 5 heteroatoms. The van der Waals surface area contributed by atoms with Crippen LogP contribution in [0.2, 0.25) is 5.28 Å². The molecule has 1 aliphatic rings. The van der Waals surface area contributed by atoms with Crippen LogP contribution in [-0.4, -0.2) is 40.5 Å². The summed E-state index contributed by atoms with van der Waals surface area (Å²) in [5.41, 5.74) is 0.883. The lowest BCUT2D eigenvalue weighted by molar-refractivity contribution is 0.277. The average molecular weight is 291 g/mol. The first-order chi connectivity index (χ1) is 9.78. The molecule has 0 aliphatic carbocycles. The van der Waals surface area contributed by atoms with Gasteiger partial charge in [0.2, 0.25) is 5.28 Å². The van der Waals surface area contributed by atoms with Gasteiger partial charge in [0.15, 0.2) is 0 Å². The van der Waals surface area contributed by atoms with Gasteiger partial charge in [0.1, 0.15) is 5.82 Å². The second-order valence-electron chi connectivity index (χ2n) is 5.16. The monoisotopic (exact) mass is 290 g/mol. The van der Waals surface area contributed by atoms with Crippen LogP contribution < -0.4 is 5.32 Å². The molecule has 0 saturated carbocycles. The number of nitrogens with one attached hydrogen (secondary N) is 1. The highest BCUT2D eigenvalue weighted by molar-refractivity contribution is 6.28. The molecule has 1 N–H and O–H groups in total. The highest BCUT2D eigenvalue weighted by atomic mass is 35.5. The Kier molecular flexibility index (Phi) is 4.03. The van der Waals surface area contributed by atoms with Gasteiger partial charge < -0.3 is 5.32 Å². The van der Waals surface area contributed by atoms with Gasteiger partial charge in [-0.25, -0.2) is 9.97 Å². The third-order valence-electron chi connectivity index (χ3n) is 3.99. The second-order valence-corrected chi connectivity index (χ2v) is 5.50. The predicted octanol–water partition coefficient (Wildman–Crippen LogP) is 3.18. The quantitative estimate of drug-likeness (QED) is 0.878. The molecule has 0 radical (unpaired) electrons. The number of halogens is 1. The Labute approximate surface area is 124 Å². The van der Waals surface area contributed by atoms with E-state index < -0.39 is 0 Å². The van der Waals surface area contributed by atoms with E-state index in [4.69, 9.17) is 11.6 Å². The van der Waals surface area contributed by atoms with Crippen LogP contribution in [0.4, 0.5) is 5.82 Å². The van der Waals surface area contributed by atoms with Gasteiger partial charge in [-0.1, -0.05) is 19.1 Å². The van der Waals surface area contributed by atoms with Gasteiger partial charge in [-0.15, -0.1) is 0 Å². The van der Waals surface area contributed by atoms with Crippen LogP contribution in [0.25, 0.3) is 10.9 Å². The van der Waals surface area contributed by atoms with Gasteiger partial charge in [-0.3, -0.25) is 4.90 Å². The smallest absolute Gasteiger partial charge is 0.224 e. The lowest BCUT2D eigenvalue weighted by Gasteiger charge is -2.23. The number of fused-ring (bicyclic) bond motifs is 1. The zero-order chi connectivity index (χ0) is 13.9. The van der Waals surface area contributed by atoms with Crippen molar-refractivity contribution in [3.63, 3.8) is 0 Å². The number of likely N-dealkylation sites (tertiary alicyclic amines) is 1. The van der Waals surface area contributed by atoms with Crippen LogP contribution in [0.15, 0.2) is 24.3 Å². The maximum atomic E-state index is 6.00. The van der Waals surface area contributed by atoms with E-state index in [0.717, 1.165) is 29.8 Å². The number of rotatable bonds is 4. The maximum absolute atomic E-state index is 6.00. The SMILES string of the molecule is CCN1CCCC1CNc1nc(Cl)nc2ccccc12. The van der Waals surface area contributed by atoms with E-state index in [9.17, 15) is 0 Å². The van der Waals surface area contributed by atoms with Crippen molar-refractivity contribution < 1.29 is 0 Å². The van der Waals surface area contributed by atoms with Gasteiger partial charge in [0, 0.05) is 18.0 Å². The highest BCUT2D eigenvalue weighted by Gasteiger charge is 2.22. The Morgan fingerprint density at radius 3 is 3.05 bits per heavy atom. The molecule has 0 amide bonds. The summed E-state index contributed by atoms with van der Waals surface area (Å²) in [5.74, 6) is 0.837. The van der Waals surface area contributed by atoms with Gasteiger partial charge in [0.25, 0.3) is 0 Å². The van der Waals surface area contributed by atoms with E-state index in [-0.39, 0.29) is 0 Å². The summed E-state index contributed by atoms with van der Waals surface area (Å²) >= 11 is 6.00. The number of benzene rings is 1. The van der Waals surface area contributed by atoms with Gasteiger partial charge >= 0.3 is 0 Å². The standard InChI is InChI=1S/C15H19ClN4/c1-2-20-9-5-6-11(20)10-17-14-12-7-3-4-8-13(12)18-15(16)19-14/h3-4,7-8,11H,2,5-6,9-10H2,1H3,(H,17,18,19). The van der Waals surface area contributed by atoms with Crippen molar-refractivity contribution >= 4 is 28.3 Å². The first-order valence-corrected chi connectivity index (χ1v) is 7.56. The molecule has 1 aromatic carbocycles.